The number of morpholine rings is 1. The summed E-state index contributed by atoms with van der Waals surface area (Å²) in [6.45, 7) is 5.74. The van der Waals surface area contributed by atoms with Crippen LogP contribution in [0.3, 0.4) is 0 Å². The summed E-state index contributed by atoms with van der Waals surface area (Å²) in [7, 11) is 0. The van der Waals surface area contributed by atoms with Crippen LogP contribution in [-0.4, -0.2) is 56.1 Å². The Morgan fingerprint density at radius 2 is 1.71 bits per heavy atom. The molecule has 0 bridgehead atoms. The first-order valence-corrected chi connectivity index (χ1v) is 11.2. The summed E-state index contributed by atoms with van der Waals surface area (Å²) >= 11 is 0. The highest BCUT2D eigenvalue weighted by molar-refractivity contribution is 5.97. The lowest BCUT2D eigenvalue weighted by Crippen LogP contribution is -2.52. The maximum atomic E-state index is 13.4. The van der Waals surface area contributed by atoms with Gasteiger partial charge in [0.15, 0.2) is 0 Å². The second kappa shape index (κ2) is 9.52. The third-order valence-electron chi connectivity index (χ3n) is 6.47. The Bertz CT molecular complexity index is 888. The first kappa shape index (κ1) is 21.4. The second-order valence-corrected chi connectivity index (χ2v) is 8.32. The maximum Gasteiger partial charge on any atom is 0.243 e. The lowest BCUT2D eigenvalue weighted by atomic mass is 9.63. The molecular formula is C25H31N3O3. The van der Waals surface area contributed by atoms with Crippen molar-refractivity contribution < 1.29 is 14.3 Å². The first-order valence-electron chi connectivity index (χ1n) is 11.2. The van der Waals surface area contributed by atoms with Crippen LogP contribution in [0.25, 0.3) is 0 Å². The summed E-state index contributed by atoms with van der Waals surface area (Å²) in [6.07, 6.45) is 2.73. The van der Waals surface area contributed by atoms with Crippen molar-refractivity contribution in [3.63, 3.8) is 0 Å². The second-order valence-electron chi connectivity index (χ2n) is 8.32. The summed E-state index contributed by atoms with van der Waals surface area (Å²) in [5.41, 5.74) is 2.45. The molecular weight excluding hydrogens is 390 g/mol. The molecule has 1 heterocycles. The molecule has 2 aromatic rings. The Labute approximate surface area is 184 Å². The number of rotatable bonds is 7. The average Bonchev–Trinajstić information content (AvgIpc) is 2.78. The van der Waals surface area contributed by atoms with Gasteiger partial charge in [0.1, 0.15) is 0 Å². The molecule has 2 fully saturated rings. The molecule has 0 spiro atoms. The molecule has 6 nitrogen and oxygen atoms in total. The summed E-state index contributed by atoms with van der Waals surface area (Å²) in [5.74, 6) is -0.109. The molecule has 1 aliphatic heterocycles. The molecule has 2 aliphatic rings. The largest absolute Gasteiger partial charge is 0.378 e. The third kappa shape index (κ3) is 4.59. The molecule has 1 saturated carbocycles. The number of anilines is 2. The predicted molar refractivity (Wildman–Crippen MR) is 122 cm³/mol. The zero-order valence-corrected chi connectivity index (χ0v) is 18.2. The smallest absolute Gasteiger partial charge is 0.243 e. The van der Waals surface area contributed by atoms with Gasteiger partial charge in [-0.1, -0.05) is 36.8 Å². The van der Waals surface area contributed by atoms with Crippen molar-refractivity contribution in [3.8, 4) is 0 Å². The van der Waals surface area contributed by atoms with Crippen LogP contribution >= 0.6 is 0 Å². The van der Waals surface area contributed by atoms with Gasteiger partial charge in [0, 0.05) is 31.0 Å². The zero-order chi connectivity index (χ0) is 21.7. The van der Waals surface area contributed by atoms with E-state index in [2.05, 4.69) is 10.2 Å². The Hall–Kier alpha value is -2.86. The van der Waals surface area contributed by atoms with E-state index in [9.17, 15) is 9.59 Å². The number of benzene rings is 2. The van der Waals surface area contributed by atoms with Crippen LogP contribution < -0.4 is 10.2 Å². The average molecular weight is 422 g/mol. The van der Waals surface area contributed by atoms with Crippen LogP contribution in [0.2, 0.25) is 0 Å². The number of likely N-dealkylation sites (N-methyl/N-ethyl adjacent to an activating group) is 1. The normalized spacial score (nSPS) is 17.5. The third-order valence-corrected chi connectivity index (χ3v) is 6.47. The van der Waals surface area contributed by atoms with Gasteiger partial charge >= 0.3 is 0 Å². The monoisotopic (exact) mass is 421 g/mol. The maximum absolute atomic E-state index is 13.4. The van der Waals surface area contributed by atoms with Crippen molar-refractivity contribution in [1.29, 1.82) is 0 Å². The molecule has 6 heteroatoms. The van der Waals surface area contributed by atoms with Gasteiger partial charge in [0.25, 0.3) is 0 Å². The molecule has 0 unspecified atom stereocenters. The molecule has 31 heavy (non-hydrogen) atoms. The number of hydrogen-bond acceptors (Lipinski definition) is 4. The number of nitrogens with zero attached hydrogens (tertiary/aromatic N) is 2. The van der Waals surface area contributed by atoms with Crippen molar-refractivity contribution in [3.05, 3.63) is 60.2 Å². The Morgan fingerprint density at radius 1 is 1.03 bits per heavy atom. The number of amides is 2. The van der Waals surface area contributed by atoms with Crippen molar-refractivity contribution in [2.24, 2.45) is 0 Å². The van der Waals surface area contributed by atoms with Crippen LogP contribution in [0, 0.1) is 0 Å². The van der Waals surface area contributed by atoms with E-state index in [0.717, 1.165) is 62.5 Å². The van der Waals surface area contributed by atoms with Gasteiger partial charge in [0.2, 0.25) is 11.8 Å². The standard InChI is InChI=1S/C25H31N3O3/c1-2-27(24(30)25(13-6-14-25)20-7-4-3-5-8-20)19-23(29)26-21-9-11-22(12-10-21)28-15-17-31-18-16-28/h3-5,7-12H,2,6,13-19H2,1H3,(H,26,29). The fraction of sp³-hybridized carbons (Fsp3) is 0.440. The van der Waals surface area contributed by atoms with Gasteiger partial charge < -0.3 is 19.9 Å². The topological polar surface area (TPSA) is 61.9 Å². The quantitative estimate of drug-likeness (QED) is 0.744. The van der Waals surface area contributed by atoms with Crippen LogP contribution in [0.15, 0.2) is 54.6 Å². The molecule has 0 radical (unpaired) electrons. The van der Waals surface area contributed by atoms with Crippen molar-refractivity contribution in [2.45, 2.75) is 31.6 Å². The minimum Gasteiger partial charge on any atom is -0.378 e. The van der Waals surface area contributed by atoms with Gasteiger partial charge in [0.05, 0.1) is 25.2 Å². The molecule has 2 aromatic carbocycles. The fourth-order valence-corrected chi connectivity index (χ4v) is 4.49. The summed E-state index contributed by atoms with van der Waals surface area (Å²) < 4.78 is 5.40. The highest BCUT2D eigenvalue weighted by Crippen LogP contribution is 2.45. The molecule has 164 valence electrons. The molecule has 0 atom stereocenters. The summed E-state index contributed by atoms with van der Waals surface area (Å²) in [4.78, 5) is 30.1. The highest BCUT2D eigenvalue weighted by atomic mass is 16.5. The van der Waals surface area contributed by atoms with Gasteiger partial charge in [-0.05, 0) is 49.6 Å². The summed E-state index contributed by atoms with van der Waals surface area (Å²) in [5, 5.41) is 2.94. The number of carbonyl (C=O) groups excluding carboxylic acids is 2. The lowest BCUT2D eigenvalue weighted by Gasteiger charge is -2.43. The number of nitrogens with one attached hydrogen (secondary N) is 1. The SMILES string of the molecule is CCN(CC(=O)Nc1ccc(N2CCOCC2)cc1)C(=O)C1(c2ccccc2)CCC1. The number of carbonyl (C=O) groups is 2. The van der Waals surface area contributed by atoms with Gasteiger partial charge in [-0.25, -0.2) is 0 Å². The van der Waals surface area contributed by atoms with Gasteiger partial charge in [-0.15, -0.1) is 0 Å². The molecule has 1 N–H and O–H groups in total. The van der Waals surface area contributed by atoms with E-state index >= 15 is 0 Å². The van der Waals surface area contributed by atoms with Crippen LogP contribution in [0.1, 0.15) is 31.7 Å². The highest BCUT2D eigenvalue weighted by Gasteiger charge is 2.47. The van der Waals surface area contributed by atoms with E-state index in [1.54, 1.807) is 4.90 Å². The number of ether oxygens (including phenoxy) is 1. The van der Waals surface area contributed by atoms with Crippen LogP contribution in [0.5, 0.6) is 0 Å². The molecule has 2 amide bonds. The van der Waals surface area contributed by atoms with E-state index < -0.39 is 5.41 Å². The van der Waals surface area contributed by atoms with E-state index in [-0.39, 0.29) is 18.4 Å². The molecule has 1 aliphatic carbocycles. The minimum atomic E-state index is -0.475. The number of hydrogen-bond donors (Lipinski definition) is 1. The van der Waals surface area contributed by atoms with Crippen molar-refractivity contribution >= 4 is 23.2 Å². The Kier molecular flexibility index (Phi) is 6.56. The van der Waals surface area contributed by atoms with Crippen molar-refractivity contribution in [2.75, 3.05) is 49.6 Å². The van der Waals surface area contributed by atoms with Crippen LogP contribution in [0.4, 0.5) is 11.4 Å². The predicted octanol–water partition coefficient (Wildman–Crippen LogP) is 3.43. The Balaban J connectivity index is 1.38. The molecule has 1 saturated heterocycles. The van der Waals surface area contributed by atoms with E-state index in [1.807, 2.05) is 61.5 Å². The molecule has 4 rings (SSSR count). The van der Waals surface area contributed by atoms with Crippen molar-refractivity contribution in [1.82, 2.24) is 4.90 Å². The van der Waals surface area contributed by atoms with E-state index in [4.69, 9.17) is 4.74 Å². The first-order chi connectivity index (χ1) is 15.1. The molecule has 0 aromatic heterocycles. The lowest BCUT2D eigenvalue weighted by molar-refractivity contribution is -0.143. The fourth-order valence-electron chi connectivity index (χ4n) is 4.49. The van der Waals surface area contributed by atoms with Gasteiger partial charge in [-0.3, -0.25) is 9.59 Å². The zero-order valence-electron chi connectivity index (χ0n) is 18.2. The summed E-state index contributed by atoms with van der Waals surface area (Å²) in [6, 6.07) is 17.8. The Morgan fingerprint density at radius 3 is 2.29 bits per heavy atom. The van der Waals surface area contributed by atoms with Gasteiger partial charge in [-0.2, -0.15) is 0 Å². The van der Waals surface area contributed by atoms with E-state index in [1.165, 1.54) is 0 Å². The van der Waals surface area contributed by atoms with E-state index in [0.29, 0.717) is 6.54 Å². The van der Waals surface area contributed by atoms with Crippen LogP contribution in [-0.2, 0) is 19.7 Å². The minimum absolute atomic E-state index is 0.0604.